The van der Waals surface area contributed by atoms with Crippen LogP contribution < -0.4 is 16.3 Å². The Bertz CT molecular complexity index is 1470. The number of imidazole rings is 1. The number of H-pyrrole nitrogens is 1. The molecule has 0 aliphatic heterocycles. The fourth-order valence-corrected chi connectivity index (χ4v) is 4.25. The lowest BCUT2D eigenvalue weighted by molar-refractivity contribution is -0.119. The lowest BCUT2D eigenvalue weighted by Gasteiger charge is -2.19. The first-order valence-electron chi connectivity index (χ1n) is 10.9. The van der Waals surface area contributed by atoms with Gasteiger partial charge in [-0.15, -0.1) is 0 Å². The molecule has 8 nitrogen and oxygen atoms in total. The molecule has 4 N–H and O–H groups in total. The molecule has 1 heterocycles. The third kappa shape index (κ3) is 5.65. The van der Waals surface area contributed by atoms with Gasteiger partial charge in [-0.3, -0.25) is 9.59 Å². The van der Waals surface area contributed by atoms with Crippen molar-refractivity contribution in [2.75, 3.05) is 10.6 Å². The summed E-state index contributed by atoms with van der Waals surface area (Å²) in [5, 5.41) is 16.2. The first-order chi connectivity index (χ1) is 17.2. The van der Waals surface area contributed by atoms with Gasteiger partial charge in [0.15, 0.2) is 0 Å². The van der Waals surface area contributed by atoms with E-state index in [4.69, 9.17) is 0 Å². The van der Waals surface area contributed by atoms with Crippen LogP contribution in [0, 0.1) is 9.39 Å². The van der Waals surface area contributed by atoms with E-state index in [1.54, 1.807) is 54.6 Å². The highest BCUT2D eigenvalue weighted by Crippen LogP contribution is 2.31. The number of rotatable bonds is 7. The van der Waals surface area contributed by atoms with Crippen molar-refractivity contribution in [3.05, 3.63) is 98.2 Å². The average molecular weight is 600 g/mol. The number of amides is 2. The van der Waals surface area contributed by atoms with Crippen LogP contribution in [0.5, 0.6) is 5.88 Å². The van der Waals surface area contributed by atoms with E-state index in [9.17, 15) is 23.9 Å². The van der Waals surface area contributed by atoms with E-state index in [2.05, 4.69) is 15.6 Å². The molecule has 3 aromatic carbocycles. The number of carbonyl (C=O) groups excluding carboxylic acids is 2. The molecule has 0 aliphatic rings. The number of aromatic hydroxyl groups is 1. The summed E-state index contributed by atoms with van der Waals surface area (Å²) < 4.78 is 16.1. The molecule has 4 aromatic rings. The van der Waals surface area contributed by atoms with Gasteiger partial charge in [0.2, 0.25) is 17.7 Å². The normalized spacial score (nSPS) is 11.6. The summed E-state index contributed by atoms with van der Waals surface area (Å²) in [5.41, 5.74) is 1.14. The first kappa shape index (κ1) is 25.2. The van der Waals surface area contributed by atoms with Crippen LogP contribution in [0.15, 0.2) is 77.6 Å². The fourth-order valence-electron chi connectivity index (χ4n) is 3.80. The van der Waals surface area contributed by atoms with Gasteiger partial charge >= 0.3 is 5.69 Å². The summed E-state index contributed by atoms with van der Waals surface area (Å²) in [6.45, 7) is 1.39. The SMILES string of the molecule is CC(=O)Nc1ccc(-c2[nH]c(=O)n([C@@H](Cc3ccccc3)C(=O)Nc3ccc(I)cc3F)c2O)cc1. The number of carbonyl (C=O) groups is 2. The Hall–Kier alpha value is -3.93. The maximum Gasteiger partial charge on any atom is 0.329 e. The second-order valence-electron chi connectivity index (χ2n) is 8.08. The zero-order chi connectivity index (χ0) is 25.8. The number of anilines is 2. The summed E-state index contributed by atoms with van der Waals surface area (Å²) in [4.78, 5) is 40.2. The van der Waals surface area contributed by atoms with Gasteiger partial charge in [-0.2, -0.15) is 0 Å². The van der Waals surface area contributed by atoms with Crippen LogP contribution in [-0.2, 0) is 16.0 Å². The van der Waals surface area contributed by atoms with Crippen LogP contribution >= 0.6 is 22.6 Å². The number of benzene rings is 3. The molecule has 0 bridgehead atoms. The Balaban J connectivity index is 1.72. The topological polar surface area (TPSA) is 116 Å². The molecule has 0 saturated carbocycles. The molecule has 4 rings (SSSR count). The number of halogens is 2. The molecule has 2 amide bonds. The van der Waals surface area contributed by atoms with Crippen LogP contribution in [0.2, 0.25) is 0 Å². The zero-order valence-electron chi connectivity index (χ0n) is 19.1. The number of aromatic amines is 1. The van der Waals surface area contributed by atoms with Gasteiger partial charge < -0.3 is 20.7 Å². The van der Waals surface area contributed by atoms with Gasteiger partial charge in [0.05, 0.1) is 5.69 Å². The highest BCUT2D eigenvalue weighted by molar-refractivity contribution is 14.1. The summed E-state index contributed by atoms with van der Waals surface area (Å²) >= 11 is 1.96. The molecule has 0 fully saturated rings. The van der Waals surface area contributed by atoms with Gasteiger partial charge in [0.1, 0.15) is 17.6 Å². The molecule has 0 spiro atoms. The van der Waals surface area contributed by atoms with Crippen molar-refractivity contribution in [1.29, 1.82) is 0 Å². The Labute approximate surface area is 219 Å². The quantitative estimate of drug-likeness (QED) is 0.231. The molecule has 0 unspecified atom stereocenters. The van der Waals surface area contributed by atoms with Crippen molar-refractivity contribution in [2.45, 2.75) is 19.4 Å². The maximum atomic E-state index is 14.4. The third-order valence-electron chi connectivity index (χ3n) is 5.47. The van der Waals surface area contributed by atoms with Crippen molar-refractivity contribution in [3.63, 3.8) is 0 Å². The monoisotopic (exact) mass is 600 g/mol. The van der Waals surface area contributed by atoms with E-state index in [-0.39, 0.29) is 23.7 Å². The number of aromatic nitrogens is 2. The molecule has 10 heteroatoms. The van der Waals surface area contributed by atoms with Crippen LogP contribution in [0.25, 0.3) is 11.3 Å². The number of hydrogen-bond donors (Lipinski definition) is 4. The van der Waals surface area contributed by atoms with Crippen LogP contribution in [0.3, 0.4) is 0 Å². The molecular formula is C26H22FIN4O4. The van der Waals surface area contributed by atoms with Crippen molar-refractivity contribution < 1.29 is 19.1 Å². The van der Waals surface area contributed by atoms with Gasteiger partial charge in [-0.05, 0) is 58.5 Å². The molecular weight excluding hydrogens is 578 g/mol. The van der Waals surface area contributed by atoms with E-state index >= 15 is 0 Å². The predicted octanol–water partition coefficient (Wildman–Crippen LogP) is 4.67. The summed E-state index contributed by atoms with van der Waals surface area (Å²) in [6, 6.07) is 18.7. The molecule has 1 atom stereocenters. The summed E-state index contributed by atoms with van der Waals surface area (Å²) in [5.74, 6) is -1.95. The minimum absolute atomic E-state index is 0.0321. The van der Waals surface area contributed by atoms with Gasteiger partial charge in [-0.25, -0.2) is 13.8 Å². The van der Waals surface area contributed by atoms with E-state index in [0.29, 0.717) is 14.8 Å². The van der Waals surface area contributed by atoms with E-state index in [1.165, 1.54) is 19.1 Å². The van der Waals surface area contributed by atoms with Gasteiger partial charge in [0.25, 0.3) is 0 Å². The molecule has 0 radical (unpaired) electrons. The Morgan fingerprint density at radius 3 is 2.39 bits per heavy atom. The lowest BCUT2D eigenvalue weighted by atomic mass is 10.0. The highest BCUT2D eigenvalue weighted by Gasteiger charge is 2.28. The van der Waals surface area contributed by atoms with E-state index in [0.717, 1.165) is 10.1 Å². The second-order valence-corrected chi connectivity index (χ2v) is 9.32. The molecule has 184 valence electrons. The fraction of sp³-hybridized carbons (Fsp3) is 0.115. The standard InChI is InChI=1S/C26H22FIN4O4/c1-15(33)29-19-10-7-17(8-11-19)23-25(35)32(26(36)31-23)22(13-16-5-3-2-4-6-16)24(34)30-21-12-9-18(28)14-20(21)27/h2-12,14,22,35H,13H2,1H3,(H,29,33)(H,30,34)(H,31,36)/t22-/m0/s1. The number of hydrogen-bond acceptors (Lipinski definition) is 4. The minimum Gasteiger partial charge on any atom is -0.493 e. The molecule has 1 aromatic heterocycles. The van der Waals surface area contributed by atoms with Crippen LogP contribution in [-0.4, -0.2) is 26.5 Å². The first-order valence-corrected chi connectivity index (χ1v) is 12.0. The summed E-state index contributed by atoms with van der Waals surface area (Å²) in [7, 11) is 0. The van der Waals surface area contributed by atoms with Gasteiger partial charge in [-0.1, -0.05) is 42.5 Å². The molecule has 0 aliphatic carbocycles. The largest absolute Gasteiger partial charge is 0.493 e. The number of nitrogens with one attached hydrogen (secondary N) is 3. The van der Waals surface area contributed by atoms with E-state index in [1.807, 2.05) is 28.7 Å². The van der Waals surface area contributed by atoms with Crippen molar-refractivity contribution >= 4 is 45.8 Å². The van der Waals surface area contributed by atoms with Crippen LogP contribution in [0.4, 0.5) is 15.8 Å². The van der Waals surface area contributed by atoms with Crippen molar-refractivity contribution in [2.24, 2.45) is 0 Å². The Kier molecular flexibility index (Phi) is 7.53. The predicted molar refractivity (Wildman–Crippen MR) is 143 cm³/mol. The summed E-state index contributed by atoms with van der Waals surface area (Å²) in [6.07, 6.45) is 0.0743. The van der Waals surface area contributed by atoms with Gasteiger partial charge in [0, 0.05) is 28.2 Å². The van der Waals surface area contributed by atoms with Crippen molar-refractivity contribution in [3.8, 4) is 17.1 Å². The molecule has 36 heavy (non-hydrogen) atoms. The Morgan fingerprint density at radius 2 is 1.75 bits per heavy atom. The second kappa shape index (κ2) is 10.8. The average Bonchev–Trinajstić information content (AvgIpc) is 3.13. The smallest absolute Gasteiger partial charge is 0.329 e. The minimum atomic E-state index is -1.18. The van der Waals surface area contributed by atoms with E-state index < -0.39 is 29.3 Å². The third-order valence-corrected chi connectivity index (χ3v) is 6.14. The zero-order valence-corrected chi connectivity index (χ0v) is 21.2. The molecule has 0 saturated heterocycles. The number of nitrogens with zero attached hydrogens (tertiary/aromatic N) is 1. The van der Waals surface area contributed by atoms with Crippen LogP contribution in [0.1, 0.15) is 18.5 Å². The van der Waals surface area contributed by atoms with Crippen molar-refractivity contribution in [1.82, 2.24) is 9.55 Å². The maximum absolute atomic E-state index is 14.4. The Morgan fingerprint density at radius 1 is 1.06 bits per heavy atom. The highest BCUT2D eigenvalue weighted by atomic mass is 127. The lowest BCUT2D eigenvalue weighted by Crippen LogP contribution is -2.33.